The summed E-state index contributed by atoms with van der Waals surface area (Å²) in [5.74, 6) is 1.12. The van der Waals surface area contributed by atoms with Gasteiger partial charge in [0.1, 0.15) is 0 Å². The molecule has 50 valence electrons. The van der Waals surface area contributed by atoms with Gasteiger partial charge in [0.05, 0.1) is 0 Å². The van der Waals surface area contributed by atoms with Gasteiger partial charge in [-0.1, -0.05) is 42.9 Å². The smallest absolute Gasteiger partial charge is 0.00237 e. The van der Waals surface area contributed by atoms with Gasteiger partial charge >= 0.3 is 0 Å². The molecule has 1 saturated carbocycles. The summed E-state index contributed by atoms with van der Waals surface area (Å²) in [5, 5.41) is 0. The Kier molecular flexibility index (Phi) is 6.39. The summed E-state index contributed by atoms with van der Waals surface area (Å²) in [5.41, 5.74) is 0. The van der Waals surface area contributed by atoms with E-state index in [2.05, 4.69) is 36.4 Å². The molecule has 0 amide bonds. The van der Waals surface area contributed by atoms with Crippen molar-refractivity contribution in [2.45, 2.75) is 33.1 Å². The van der Waals surface area contributed by atoms with Gasteiger partial charge in [0, 0.05) is 4.43 Å². The Balaban J connectivity index is 0.000000145. The fourth-order valence-corrected chi connectivity index (χ4v) is 1.15. The van der Waals surface area contributed by atoms with E-state index in [0.717, 1.165) is 5.92 Å². The van der Waals surface area contributed by atoms with Crippen LogP contribution >= 0.6 is 22.6 Å². The molecule has 0 spiro atoms. The molecule has 1 heteroatoms. The second-order valence-electron chi connectivity index (χ2n) is 2.30. The summed E-state index contributed by atoms with van der Waals surface area (Å²) in [6.07, 6.45) is 4.26. The summed E-state index contributed by atoms with van der Waals surface area (Å²) in [4.78, 5) is 0. The molecule has 0 unspecified atom stereocenters. The highest BCUT2D eigenvalue weighted by molar-refractivity contribution is 14.1. The first kappa shape index (κ1) is 8.73. The van der Waals surface area contributed by atoms with Crippen LogP contribution in [0.4, 0.5) is 0 Å². The van der Waals surface area contributed by atoms with Crippen LogP contribution in [0.25, 0.3) is 0 Å². The Morgan fingerprint density at radius 2 is 1.75 bits per heavy atom. The van der Waals surface area contributed by atoms with E-state index in [-0.39, 0.29) is 0 Å². The Labute approximate surface area is 66.2 Å². The summed E-state index contributed by atoms with van der Waals surface area (Å²) in [6, 6.07) is 0. The van der Waals surface area contributed by atoms with Crippen LogP contribution in [0.15, 0.2) is 0 Å². The molecule has 1 rings (SSSR count). The van der Waals surface area contributed by atoms with Crippen LogP contribution in [-0.4, -0.2) is 4.43 Å². The van der Waals surface area contributed by atoms with Crippen LogP contribution in [0.1, 0.15) is 33.1 Å². The van der Waals surface area contributed by atoms with Crippen molar-refractivity contribution in [3.05, 3.63) is 0 Å². The van der Waals surface area contributed by atoms with E-state index >= 15 is 0 Å². The third-order valence-corrected chi connectivity index (χ3v) is 2.16. The van der Waals surface area contributed by atoms with Crippen LogP contribution in [0.3, 0.4) is 0 Å². The number of alkyl halides is 1. The second kappa shape index (κ2) is 5.86. The second-order valence-corrected chi connectivity index (χ2v) is 3.19. The monoisotopic (exact) mass is 226 g/mol. The minimum atomic E-state index is 1.12. The number of halogens is 1. The van der Waals surface area contributed by atoms with Crippen molar-refractivity contribution >= 4 is 22.6 Å². The molecule has 0 aromatic heterocycles. The maximum absolute atomic E-state index is 2.44. The van der Waals surface area contributed by atoms with Crippen molar-refractivity contribution in [2.75, 3.05) is 4.43 Å². The molecule has 0 nitrogen and oxygen atoms in total. The van der Waals surface area contributed by atoms with Gasteiger partial charge in [-0.2, -0.15) is 0 Å². The third kappa shape index (κ3) is 6.73. The lowest BCUT2D eigenvalue weighted by atomic mass is 10.5. The van der Waals surface area contributed by atoms with Gasteiger partial charge in [0.15, 0.2) is 0 Å². The minimum absolute atomic E-state index is 1.12. The first-order chi connectivity index (χ1) is 3.85. The lowest BCUT2D eigenvalue weighted by Crippen LogP contribution is -1.66. The molecule has 0 heterocycles. The van der Waals surface area contributed by atoms with Gasteiger partial charge in [0.25, 0.3) is 0 Å². The van der Waals surface area contributed by atoms with Crippen molar-refractivity contribution in [3.63, 3.8) is 0 Å². The predicted octanol–water partition coefficient (Wildman–Crippen LogP) is 3.25. The van der Waals surface area contributed by atoms with Gasteiger partial charge in [-0.05, 0) is 18.8 Å². The molecule has 0 radical (unpaired) electrons. The largest absolute Gasteiger partial charge is 0.0861 e. The SMILES string of the molecule is CCC.ICC1CC1. The first-order valence-electron chi connectivity index (χ1n) is 3.41. The van der Waals surface area contributed by atoms with Crippen LogP contribution in [0, 0.1) is 5.92 Å². The fourth-order valence-electron chi connectivity index (χ4n) is 0.272. The van der Waals surface area contributed by atoms with E-state index in [0.29, 0.717) is 0 Å². The Bertz CT molecular complexity index is 39.7. The molecule has 1 fully saturated rings. The van der Waals surface area contributed by atoms with Crippen LogP contribution in [0.5, 0.6) is 0 Å². The normalized spacial score (nSPS) is 16.9. The van der Waals surface area contributed by atoms with E-state index in [4.69, 9.17) is 0 Å². The van der Waals surface area contributed by atoms with Crippen molar-refractivity contribution in [2.24, 2.45) is 5.92 Å². The topological polar surface area (TPSA) is 0 Å². The van der Waals surface area contributed by atoms with Gasteiger partial charge < -0.3 is 0 Å². The van der Waals surface area contributed by atoms with Gasteiger partial charge in [-0.15, -0.1) is 0 Å². The van der Waals surface area contributed by atoms with E-state index in [1.54, 1.807) is 0 Å². The zero-order chi connectivity index (χ0) is 6.41. The highest BCUT2D eigenvalue weighted by atomic mass is 127. The zero-order valence-electron chi connectivity index (χ0n) is 5.78. The van der Waals surface area contributed by atoms with E-state index in [1.165, 1.54) is 23.7 Å². The van der Waals surface area contributed by atoms with E-state index < -0.39 is 0 Å². The quantitative estimate of drug-likeness (QED) is 0.475. The van der Waals surface area contributed by atoms with Gasteiger partial charge in [-0.25, -0.2) is 0 Å². The number of hydrogen-bond donors (Lipinski definition) is 0. The van der Waals surface area contributed by atoms with Crippen molar-refractivity contribution in [1.29, 1.82) is 0 Å². The maximum Gasteiger partial charge on any atom is 0.00237 e. The molecule has 0 atom stereocenters. The third-order valence-electron chi connectivity index (χ3n) is 0.915. The van der Waals surface area contributed by atoms with Gasteiger partial charge in [0.2, 0.25) is 0 Å². The molecule has 0 aliphatic heterocycles. The summed E-state index contributed by atoms with van der Waals surface area (Å²) >= 11 is 2.44. The van der Waals surface area contributed by atoms with Crippen molar-refractivity contribution in [3.8, 4) is 0 Å². The Morgan fingerprint density at radius 3 is 1.75 bits per heavy atom. The highest BCUT2D eigenvalue weighted by Crippen LogP contribution is 2.30. The molecular formula is C7H15I. The molecule has 8 heavy (non-hydrogen) atoms. The Hall–Kier alpha value is 0.730. The molecule has 0 saturated heterocycles. The molecule has 1 aliphatic carbocycles. The van der Waals surface area contributed by atoms with E-state index in [9.17, 15) is 0 Å². The average Bonchev–Trinajstić information content (AvgIpc) is 2.48. The van der Waals surface area contributed by atoms with E-state index in [1.807, 2.05) is 0 Å². The fraction of sp³-hybridized carbons (Fsp3) is 1.00. The van der Waals surface area contributed by atoms with Crippen LogP contribution in [-0.2, 0) is 0 Å². The molecule has 0 aromatic carbocycles. The highest BCUT2D eigenvalue weighted by Gasteiger charge is 2.18. The molecular weight excluding hydrogens is 211 g/mol. The lowest BCUT2D eigenvalue weighted by Gasteiger charge is -1.70. The standard InChI is InChI=1S/C4H7I.C3H8/c5-3-4-1-2-4;1-3-2/h4H,1-3H2;3H2,1-2H3. The molecule has 0 bridgehead atoms. The summed E-state index contributed by atoms with van der Waals surface area (Å²) in [6.45, 7) is 4.25. The van der Waals surface area contributed by atoms with Crippen molar-refractivity contribution in [1.82, 2.24) is 0 Å². The molecule has 1 aliphatic rings. The first-order valence-corrected chi connectivity index (χ1v) is 4.93. The molecule has 0 aromatic rings. The number of rotatable bonds is 1. The minimum Gasteiger partial charge on any atom is -0.0861 e. The zero-order valence-corrected chi connectivity index (χ0v) is 7.94. The lowest BCUT2D eigenvalue weighted by molar-refractivity contribution is 1.02. The summed E-state index contributed by atoms with van der Waals surface area (Å²) in [7, 11) is 0. The predicted molar refractivity (Wildman–Crippen MR) is 47.6 cm³/mol. The van der Waals surface area contributed by atoms with Crippen LogP contribution < -0.4 is 0 Å². The van der Waals surface area contributed by atoms with Crippen LogP contribution in [0.2, 0.25) is 0 Å². The van der Waals surface area contributed by atoms with Crippen molar-refractivity contribution < 1.29 is 0 Å². The maximum atomic E-state index is 2.44. The summed E-state index contributed by atoms with van der Waals surface area (Å²) < 4.78 is 1.39. The van der Waals surface area contributed by atoms with Gasteiger partial charge in [-0.3, -0.25) is 0 Å². The Morgan fingerprint density at radius 1 is 1.38 bits per heavy atom. The number of hydrogen-bond acceptors (Lipinski definition) is 0. The molecule has 0 N–H and O–H groups in total. The average molecular weight is 226 g/mol.